The molecule has 2 N–H and O–H groups in total. The van der Waals surface area contributed by atoms with Gasteiger partial charge in [0.15, 0.2) is 0 Å². The van der Waals surface area contributed by atoms with E-state index in [2.05, 4.69) is 20.7 Å². The normalized spacial score (nSPS) is 13.8. The molecule has 0 spiro atoms. The highest BCUT2D eigenvalue weighted by Gasteiger charge is 2.33. The van der Waals surface area contributed by atoms with Gasteiger partial charge in [-0.3, -0.25) is 0 Å². The van der Waals surface area contributed by atoms with Gasteiger partial charge in [0, 0.05) is 22.5 Å². The van der Waals surface area contributed by atoms with Crippen molar-refractivity contribution in [2.75, 3.05) is 0 Å². The average Bonchev–Trinajstić information content (AvgIpc) is 2.17. The second-order valence-electron chi connectivity index (χ2n) is 3.46. The standard InChI is InChI=1S/C10H9BrF5NO/c11-5-1-2-8(18-10(14,15)16)6(3-5)7(17)4-9(12)13/h1-3,7,9H,4,17H2/t7-/m1/s1. The summed E-state index contributed by atoms with van der Waals surface area (Å²) in [6.07, 6.45) is -8.35. The molecule has 0 heterocycles. The van der Waals surface area contributed by atoms with Gasteiger partial charge in [0.05, 0.1) is 0 Å². The molecule has 0 amide bonds. The SMILES string of the molecule is N[C@H](CC(F)F)c1cc(Br)ccc1OC(F)(F)F. The minimum absolute atomic E-state index is 0.123. The Morgan fingerprint density at radius 1 is 1.28 bits per heavy atom. The molecule has 0 fully saturated rings. The summed E-state index contributed by atoms with van der Waals surface area (Å²) in [5.41, 5.74) is 5.31. The highest BCUT2D eigenvalue weighted by Crippen LogP contribution is 2.33. The number of halogens is 6. The van der Waals surface area contributed by atoms with E-state index < -0.39 is 31.0 Å². The summed E-state index contributed by atoms with van der Waals surface area (Å²) in [4.78, 5) is 0. The van der Waals surface area contributed by atoms with Crippen LogP contribution in [-0.2, 0) is 0 Å². The number of rotatable bonds is 4. The summed E-state index contributed by atoms with van der Waals surface area (Å²) >= 11 is 3.03. The molecule has 0 unspecified atom stereocenters. The zero-order valence-electron chi connectivity index (χ0n) is 8.85. The van der Waals surface area contributed by atoms with Gasteiger partial charge in [-0.15, -0.1) is 13.2 Å². The van der Waals surface area contributed by atoms with Crippen molar-refractivity contribution in [1.29, 1.82) is 0 Å². The monoisotopic (exact) mass is 333 g/mol. The topological polar surface area (TPSA) is 35.2 Å². The first kappa shape index (κ1) is 15.2. The first-order valence-corrected chi connectivity index (χ1v) is 5.57. The van der Waals surface area contributed by atoms with Gasteiger partial charge in [-0.2, -0.15) is 0 Å². The number of alkyl halides is 5. The van der Waals surface area contributed by atoms with Crippen molar-refractivity contribution in [3.05, 3.63) is 28.2 Å². The Bertz CT molecular complexity index is 410. The van der Waals surface area contributed by atoms with Gasteiger partial charge in [0.2, 0.25) is 6.43 Å². The highest BCUT2D eigenvalue weighted by atomic mass is 79.9. The minimum atomic E-state index is -4.90. The number of nitrogens with two attached hydrogens (primary N) is 1. The molecule has 18 heavy (non-hydrogen) atoms. The van der Waals surface area contributed by atoms with Crippen molar-refractivity contribution < 1.29 is 26.7 Å². The van der Waals surface area contributed by atoms with E-state index in [1.54, 1.807) is 0 Å². The Hall–Kier alpha value is -0.890. The van der Waals surface area contributed by atoms with Crippen molar-refractivity contribution in [3.63, 3.8) is 0 Å². The van der Waals surface area contributed by atoms with Crippen LogP contribution in [0.3, 0.4) is 0 Å². The predicted octanol–water partition coefficient (Wildman–Crippen LogP) is 4.00. The molecule has 0 saturated heterocycles. The van der Waals surface area contributed by atoms with Crippen LogP contribution >= 0.6 is 15.9 Å². The molecule has 1 rings (SSSR count). The predicted molar refractivity (Wildman–Crippen MR) is 58.4 cm³/mol. The van der Waals surface area contributed by atoms with E-state index in [1.165, 1.54) is 12.1 Å². The third-order valence-electron chi connectivity index (χ3n) is 2.03. The molecule has 0 aliphatic rings. The fourth-order valence-corrected chi connectivity index (χ4v) is 1.72. The van der Waals surface area contributed by atoms with Crippen LogP contribution in [0.1, 0.15) is 18.0 Å². The number of benzene rings is 1. The Balaban J connectivity index is 3.03. The molecule has 1 aromatic carbocycles. The van der Waals surface area contributed by atoms with Gasteiger partial charge < -0.3 is 10.5 Å². The molecule has 1 atom stereocenters. The first-order valence-electron chi connectivity index (χ1n) is 4.78. The molecule has 0 aliphatic heterocycles. The smallest absolute Gasteiger partial charge is 0.405 e. The maximum absolute atomic E-state index is 12.2. The fourth-order valence-electron chi connectivity index (χ4n) is 1.35. The van der Waals surface area contributed by atoms with Gasteiger partial charge >= 0.3 is 6.36 Å². The minimum Gasteiger partial charge on any atom is -0.405 e. The van der Waals surface area contributed by atoms with E-state index in [0.29, 0.717) is 4.47 Å². The number of hydrogen-bond acceptors (Lipinski definition) is 2. The maximum atomic E-state index is 12.2. The molecule has 0 aliphatic carbocycles. The van der Waals surface area contributed by atoms with Crippen LogP contribution in [-0.4, -0.2) is 12.8 Å². The molecule has 0 saturated carbocycles. The molecule has 102 valence electrons. The maximum Gasteiger partial charge on any atom is 0.573 e. The summed E-state index contributed by atoms with van der Waals surface area (Å²) in [6, 6.07) is 2.33. The van der Waals surface area contributed by atoms with Gasteiger partial charge in [0.1, 0.15) is 5.75 Å². The van der Waals surface area contributed by atoms with E-state index in [0.717, 1.165) is 6.07 Å². The molecular weight excluding hydrogens is 325 g/mol. The van der Waals surface area contributed by atoms with E-state index in [4.69, 9.17) is 5.73 Å². The summed E-state index contributed by atoms with van der Waals surface area (Å²) in [6.45, 7) is 0. The Kier molecular flexibility index (Phi) is 4.92. The third-order valence-corrected chi connectivity index (χ3v) is 2.52. The van der Waals surface area contributed by atoms with Crippen molar-refractivity contribution in [3.8, 4) is 5.75 Å². The average molecular weight is 334 g/mol. The van der Waals surface area contributed by atoms with Gasteiger partial charge in [0.25, 0.3) is 0 Å². The second kappa shape index (κ2) is 5.83. The molecule has 2 nitrogen and oxygen atoms in total. The lowest BCUT2D eigenvalue weighted by Crippen LogP contribution is -2.21. The summed E-state index contributed by atoms with van der Waals surface area (Å²) in [5.74, 6) is -0.571. The van der Waals surface area contributed by atoms with Gasteiger partial charge in [-0.05, 0) is 18.2 Å². The van der Waals surface area contributed by atoms with Crippen LogP contribution in [0.2, 0.25) is 0 Å². The highest BCUT2D eigenvalue weighted by molar-refractivity contribution is 9.10. The first-order chi connectivity index (χ1) is 8.19. The summed E-state index contributed by atoms with van der Waals surface area (Å²) in [7, 11) is 0. The van der Waals surface area contributed by atoms with Gasteiger partial charge in [-0.1, -0.05) is 15.9 Å². The van der Waals surface area contributed by atoms with Crippen LogP contribution < -0.4 is 10.5 Å². The van der Waals surface area contributed by atoms with Gasteiger partial charge in [-0.25, -0.2) is 8.78 Å². The molecule has 0 aromatic heterocycles. The molecule has 0 radical (unpaired) electrons. The van der Waals surface area contributed by atoms with E-state index >= 15 is 0 Å². The van der Waals surface area contributed by atoms with E-state index in [-0.39, 0.29) is 5.56 Å². The zero-order valence-corrected chi connectivity index (χ0v) is 10.4. The van der Waals surface area contributed by atoms with Crippen LogP contribution in [0, 0.1) is 0 Å². The van der Waals surface area contributed by atoms with Crippen molar-refractivity contribution >= 4 is 15.9 Å². The zero-order chi connectivity index (χ0) is 13.9. The second-order valence-corrected chi connectivity index (χ2v) is 4.38. The lowest BCUT2D eigenvalue weighted by atomic mass is 10.0. The van der Waals surface area contributed by atoms with Crippen LogP contribution in [0.4, 0.5) is 22.0 Å². The largest absolute Gasteiger partial charge is 0.573 e. The van der Waals surface area contributed by atoms with Crippen LogP contribution in [0.15, 0.2) is 22.7 Å². The third kappa shape index (κ3) is 4.77. The van der Waals surface area contributed by atoms with E-state index in [9.17, 15) is 22.0 Å². The van der Waals surface area contributed by atoms with Crippen LogP contribution in [0.5, 0.6) is 5.75 Å². The fraction of sp³-hybridized carbons (Fsp3) is 0.400. The summed E-state index contributed by atoms with van der Waals surface area (Å²) < 4.78 is 64.9. The number of hydrogen-bond donors (Lipinski definition) is 1. The Labute approximate surface area is 108 Å². The lowest BCUT2D eigenvalue weighted by molar-refractivity contribution is -0.275. The molecular formula is C10H9BrF5NO. The lowest BCUT2D eigenvalue weighted by Gasteiger charge is -2.18. The van der Waals surface area contributed by atoms with Crippen molar-refractivity contribution in [2.24, 2.45) is 5.73 Å². The number of ether oxygens (including phenoxy) is 1. The van der Waals surface area contributed by atoms with Crippen molar-refractivity contribution in [1.82, 2.24) is 0 Å². The molecule has 1 aromatic rings. The molecule has 0 bridgehead atoms. The van der Waals surface area contributed by atoms with E-state index in [1.807, 2.05) is 0 Å². The molecule has 8 heteroatoms. The van der Waals surface area contributed by atoms with Crippen molar-refractivity contribution in [2.45, 2.75) is 25.3 Å². The Morgan fingerprint density at radius 3 is 2.39 bits per heavy atom. The summed E-state index contributed by atoms with van der Waals surface area (Å²) in [5, 5.41) is 0. The quantitative estimate of drug-likeness (QED) is 0.845. The Morgan fingerprint density at radius 2 is 1.89 bits per heavy atom. The van der Waals surface area contributed by atoms with Crippen LogP contribution in [0.25, 0.3) is 0 Å².